The average Bonchev–Trinajstić information content (AvgIpc) is 2.51. The fourth-order valence-corrected chi connectivity index (χ4v) is 2.59. The van der Waals surface area contributed by atoms with Crippen LogP contribution in [0.3, 0.4) is 0 Å². The zero-order chi connectivity index (χ0) is 15.5. The lowest BCUT2D eigenvalue weighted by atomic mass is 9.72. The quantitative estimate of drug-likeness (QED) is 0.790. The Balaban J connectivity index is 2.54. The monoisotopic (exact) mass is 284 g/mol. The number of amides is 1. The van der Waals surface area contributed by atoms with Crippen molar-refractivity contribution < 1.29 is 14.7 Å². The van der Waals surface area contributed by atoms with Gasteiger partial charge in [-0.2, -0.15) is 0 Å². The Morgan fingerprint density at radius 3 is 2.57 bits per heavy atom. The van der Waals surface area contributed by atoms with Crippen LogP contribution in [0.1, 0.15) is 12.5 Å². The molecule has 2 atom stereocenters. The van der Waals surface area contributed by atoms with Crippen LogP contribution in [0.2, 0.25) is 0 Å². The van der Waals surface area contributed by atoms with Gasteiger partial charge in [0, 0.05) is 12.5 Å². The smallest absolute Gasteiger partial charge is 0.232 e. The summed E-state index contributed by atoms with van der Waals surface area (Å²) in [4.78, 5) is 23.3. The SMILES string of the molecule is CC(CO)C([C]=O)(Cc1cccc2ccccc12)C(N)=O. The van der Waals surface area contributed by atoms with Gasteiger partial charge in [-0.15, -0.1) is 0 Å². The summed E-state index contributed by atoms with van der Waals surface area (Å²) in [5, 5.41) is 11.3. The van der Waals surface area contributed by atoms with Crippen molar-refractivity contribution in [2.24, 2.45) is 17.1 Å². The number of fused-ring (bicyclic) bond motifs is 1. The topological polar surface area (TPSA) is 80.4 Å². The number of rotatable bonds is 6. The van der Waals surface area contributed by atoms with Gasteiger partial charge < -0.3 is 10.8 Å². The lowest BCUT2D eigenvalue weighted by Gasteiger charge is -2.29. The molecule has 0 aromatic heterocycles. The molecule has 2 aromatic carbocycles. The van der Waals surface area contributed by atoms with Crippen LogP contribution in [0.25, 0.3) is 10.8 Å². The van der Waals surface area contributed by atoms with Crippen molar-refractivity contribution in [2.75, 3.05) is 6.61 Å². The molecule has 2 unspecified atom stereocenters. The Labute approximate surface area is 123 Å². The van der Waals surface area contributed by atoms with Crippen LogP contribution in [-0.4, -0.2) is 23.9 Å². The van der Waals surface area contributed by atoms with Gasteiger partial charge in [0.1, 0.15) is 5.41 Å². The van der Waals surface area contributed by atoms with E-state index in [1.807, 2.05) is 42.5 Å². The van der Waals surface area contributed by atoms with Gasteiger partial charge in [-0.1, -0.05) is 49.4 Å². The number of benzene rings is 2. The first-order valence-corrected chi connectivity index (χ1v) is 6.82. The molecule has 0 heterocycles. The summed E-state index contributed by atoms with van der Waals surface area (Å²) >= 11 is 0. The molecule has 0 aliphatic carbocycles. The molecular weight excluding hydrogens is 266 g/mol. The molecule has 0 saturated heterocycles. The van der Waals surface area contributed by atoms with Gasteiger partial charge in [-0.05, 0) is 22.8 Å². The van der Waals surface area contributed by atoms with E-state index in [0.717, 1.165) is 16.3 Å². The maximum absolute atomic E-state index is 11.8. The molecule has 0 saturated carbocycles. The maximum atomic E-state index is 11.8. The maximum Gasteiger partial charge on any atom is 0.232 e. The Kier molecular flexibility index (Phi) is 4.38. The minimum Gasteiger partial charge on any atom is -0.396 e. The van der Waals surface area contributed by atoms with Gasteiger partial charge in [-0.25, -0.2) is 0 Å². The largest absolute Gasteiger partial charge is 0.396 e. The van der Waals surface area contributed by atoms with E-state index >= 15 is 0 Å². The molecule has 2 rings (SSSR count). The third-order valence-corrected chi connectivity index (χ3v) is 4.09. The highest BCUT2D eigenvalue weighted by Gasteiger charge is 2.43. The normalized spacial score (nSPS) is 15.3. The first kappa shape index (κ1) is 15.2. The van der Waals surface area contributed by atoms with Crippen molar-refractivity contribution in [1.29, 1.82) is 0 Å². The second kappa shape index (κ2) is 6.06. The summed E-state index contributed by atoms with van der Waals surface area (Å²) in [6, 6.07) is 13.4. The fraction of sp³-hybridized carbons (Fsp3) is 0.294. The van der Waals surface area contributed by atoms with Gasteiger partial charge >= 0.3 is 0 Å². The van der Waals surface area contributed by atoms with Crippen LogP contribution in [0.15, 0.2) is 42.5 Å². The molecule has 4 heteroatoms. The first-order valence-electron chi connectivity index (χ1n) is 6.82. The third kappa shape index (κ3) is 2.67. The lowest BCUT2D eigenvalue weighted by Crippen LogP contribution is -2.46. The molecule has 4 nitrogen and oxygen atoms in total. The zero-order valence-corrected chi connectivity index (χ0v) is 11.9. The zero-order valence-electron chi connectivity index (χ0n) is 11.9. The predicted molar refractivity (Wildman–Crippen MR) is 81.2 cm³/mol. The Bertz CT molecular complexity index is 663. The summed E-state index contributed by atoms with van der Waals surface area (Å²) in [6.07, 6.45) is 1.93. The first-order chi connectivity index (χ1) is 10.0. The number of carbonyl (C=O) groups is 1. The second-order valence-electron chi connectivity index (χ2n) is 5.34. The van der Waals surface area contributed by atoms with Gasteiger partial charge in [0.25, 0.3) is 0 Å². The highest BCUT2D eigenvalue weighted by Crippen LogP contribution is 2.32. The number of carbonyl (C=O) groups excluding carboxylic acids is 2. The minimum absolute atomic E-state index is 0.134. The van der Waals surface area contributed by atoms with E-state index in [0.29, 0.717) is 0 Å². The van der Waals surface area contributed by atoms with Crippen molar-refractivity contribution in [3.8, 4) is 0 Å². The van der Waals surface area contributed by atoms with Crippen molar-refractivity contribution in [3.05, 3.63) is 48.0 Å². The fourth-order valence-electron chi connectivity index (χ4n) is 2.59. The average molecular weight is 284 g/mol. The van der Waals surface area contributed by atoms with Crippen molar-refractivity contribution in [2.45, 2.75) is 13.3 Å². The lowest BCUT2D eigenvalue weighted by molar-refractivity contribution is -0.127. The number of nitrogens with two attached hydrogens (primary N) is 1. The van der Waals surface area contributed by atoms with Crippen molar-refractivity contribution >= 4 is 23.0 Å². The molecule has 0 aliphatic heterocycles. The summed E-state index contributed by atoms with van der Waals surface area (Å²) in [7, 11) is 0. The third-order valence-electron chi connectivity index (χ3n) is 4.09. The van der Waals surface area contributed by atoms with Crippen LogP contribution >= 0.6 is 0 Å². The van der Waals surface area contributed by atoms with Crippen LogP contribution in [0, 0.1) is 11.3 Å². The standard InChI is InChI=1S/C17H18NO3/c1-12(10-19)17(11-20,16(18)21)9-14-7-4-6-13-5-2-3-8-15(13)14/h2-8,12,19H,9-10H2,1H3,(H2,18,21). The summed E-state index contributed by atoms with van der Waals surface area (Å²) in [6.45, 7) is 1.32. The van der Waals surface area contributed by atoms with Crippen LogP contribution < -0.4 is 5.73 Å². The number of hydrogen-bond acceptors (Lipinski definition) is 3. The molecule has 0 spiro atoms. The molecule has 1 radical (unpaired) electrons. The Morgan fingerprint density at radius 1 is 1.29 bits per heavy atom. The number of hydrogen-bond donors (Lipinski definition) is 2. The second-order valence-corrected chi connectivity index (χ2v) is 5.34. The number of primary amides is 1. The summed E-state index contributed by atoms with van der Waals surface area (Å²) in [5.74, 6) is -1.35. The highest BCUT2D eigenvalue weighted by molar-refractivity contribution is 5.97. The van der Waals surface area contributed by atoms with E-state index in [-0.39, 0.29) is 13.0 Å². The predicted octanol–water partition coefficient (Wildman–Crippen LogP) is 1.59. The van der Waals surface area contributed by atoms with Crippen LogP contribution in [0.4, 0.5) is 0 Å². The summed E-state index contributed by atoms with van der Waals surface area (Å²) in [5.41, 5.74) is 4.77. The highest BCUT2D eigenvalue weighted by atomic mass is 16.3. The number of aliphatic hydroxyl groups is 1. The van der Waals surface area contributed by atoms with E-state index in [9.17, 15) is 14.7 Å². The molecule has 0 fully saturated rings. The molecule has 109 valence electrons. The molecule has 21 heavy (non-hydrogen) atoms. The van der Waals surface area contributed by atoms with Crippen molar-refractivity contribution in [3.63, 3.8) is 0 Å². The van der Waals surface area contributed by atoms with E-state index in [1.54, 1.807) is 13.2 Å². The Morgan fingerprint density at radius 2 is 1.95 bits per heavy atom. The molecule has 0 aliphatic rings. The van der Waals surface area contributed by atoms with Crippen LogP contribution in [-0.2, 0) is 16.0 Å². The van der Waals surface area contributed by atoms with E-state index in [1.165, 1.54) is 0 Å². The number of aliphatic hydroxyl groups excluding tert-OH is 1. The van der Waals surface area contributed by atoms with Gasteiger partial charge in [0.05, 0.1) is 0 Å². The van der Waals surface area contributed by atoms with E-state index in [2.05, 4.69) is 0 Å². The van der Waals surface area contributed by atoms with Gasteiger partial charge in [0.2, 0.25) is 12.2 Å². The van der Waals surface area contributed by atoms with Gasteiger partial charge in [-0.3, -0.25) is 9.59 Å². The van der Waals surface area contributed by atoms with E-state index in [4.69, 9.17) is 5.73 Å². The molecule has 1 amide bonds. The summed E-state index contributed by atoms with van der Waals surface area (Å²) < 4.78 is 0. The van der Waals surface area contributed by atoms with E-state index < -0.39 is 17.2 Å². The molecule has 2 aromatic rings. The molecule has 0 bridgehead atoms. The Hall–Kier alpha value is -2.20. The van der Waals surface area contributed by atoms with Crippen LogP contribution in [0.5, 0.6) is 0 Å². The van der Waals surface area contributed by atoms with Gasteiger partial charge in [0.15, 0.2) is 0 Å². The van der Waals surface area contributed by atoms with Crippen molar-refractivity contribution in [1.82, 2.24) is 0 Å². The molecule has 3 N–H and O–H groups in total. The minimum atomic E-state index is -1.52. The molecular formula is C17H18NO3.